The topological polar surface area (TPSA) is 64.6 Å². The molecule has 0 atom stereocenters. The zero-order valence-corrected chi connectivity index (χ0v) is 15.0. The highest BCUT2D eigenvalue weighted by Gasteiger charge is 2.14. The van der Waals surface area contributed by atoms with Crippen LogP contribution in [0.1, 0.15) is 26.3 Å². The summed E-state index contributed by atoms with van der Waals surface area (Å²) in [7, 11) is -3.57. The zero-order chi connectivity index (χ0) is 17.6. The largest absolute Gasteiger partial charge is 0.494 e. The normalized spacial score (nSPS) is 11.5. The Balaban J connectivity index is 2.04. The predicted molar refractivity (Wildman–Crippen MR) is 93.8 cm³/mol. The average molecular weight is 349 g/mol. The highest BCUT2D eigenvalue weighted by atomic mass is 32.2. The van der Waals surface area contributed by atoms with Crippen molar-refractivity contribution in [1.29, 1.82) is 0 Å². The van der Waals surface area contributed by atoms with Crippen molar-refractivity contribution in [2.24, 2.45) is 0 Å². The second-order valence-corrected chi connectivity index (χ2v) is 7.31. The Kier molecular flexibility index (Phi) is 6.23. The van der Waals surface area contributed by atoms with Gasteiger partial charge in [-0.3, -0.25) is 0 Å². The standard InChI is InChI=1S/C18H23NO4S/c1-4-22-16-8-10-18(11-9-16)24(20,21)19-13-15-6-5-7-17(12-15)23-14(2)3/h5-12,14,19H,4,13H2,1-3H3. The van der Waals surface area contributed by atoms with Crippen molar-refractivity contribution in [1.82, 2.24) is 4.72 Å². The highest BCUT2D eigenvalue weighted by molar-refractivity contribution is 7.89. The summed E-state index contributed by atoms with van der Waals surface area (Å²) in [6.07, 6.45) is 0.0702. The Hall–Kier alpha value is -2.05. The number of sulfonamides is 1. The van der Waals surface area contributed by atoms with E-state index >= 15 is 0 Å². The lowest BCUT2D eigenvalue weighted by atomic mass is 10.2. The molecule has 5 nitrogen and oxygen atoms in total. The van der Waals surface area contributed by atoms with Gasteiger partial charge in [0.2, 0.25) is 10.0 Å². The van der Waals surface area contributed by atoms with E-state index < -0.39 is 10.0 Å². The van der Waals surface area contributed by atoms with Crippen LogP contribution in [0.25, 0.3) is 0 Å². The van der Waals surface area contributed by atoms with Gasteiger partial charge in [0.15, 0.2) is 0 Å². The van der Waals surface area contributed by atoms with Crippen LogP contribution < -0.4 is 14.2 Å². The van der Waals surface area contributed by atoms with Gasteiger partial charge in [-0.1, -0.05) is 12.1 Å². The Morgan fingerprint density at radius 2 is 1.75 bits per heavy atom. The van der Waals surface area contributed by atoms with Gasteiger partial charge in [-0.15, -0.1) is 0 Å². The predicted octanol–water partition coefficient (Wildman–Crippen LogP) is 3.35. The van der Waals surface area contributed by atoms with Gasteiger partial charge in [0, 0.05) is 6.54 Å². The number of ether oxygens (including phenoxy) is 2. The minimum absolute atomic E-state index is 0.0702. The quantitative estimate of drug-likeness (QED) is 0.794. The van der Waals surface area contributed by atoms with Gasteiger partial charge in [-0.25, -0.2) is 13.1 Å². The Morgan fingerprint density at radius 3 is 2.38 bits per heavy atom. The van der Waals surface area contributed by atoms with Crippen molar-refractivity contribution < 1.29 is 17.9 Å². The van der Waals surface area contributed by atoms with Crippen molar-refractivity contribution in [2.45, 2.75) is 38.3 Å². The lowest BCUT2D eigenvalue weighted by Crippen LogP contribution is -2.23. The molecule has 0 unspecified atom stereocenters. The van der Waals surface area contributed by atoms with Gasteiger partial charge in [-0.2, -0.15) is 0 Å². The molecule has 0 amide bonds. The van der Waals surface area contributed by atoms with E-state index in [4.69, 9.17) is 9.47 Å². The lowest BCUT2D eigenvalue weighted by Gasteiger charge is -2.12. The lowest BCUT2D eigenvalue weighted by molar-refractivity contribution is 0.242. The highest BCUT2D eigenvalue weighted by Crippen LogP contribution is 2.18. The molecule has 0 heterocycles. The summed E-state index contributed by atoms with van der Waals surface area (Å²) in [4.78, 5) is 0.209. The molecule has 0 aromatic heterocycles. The minimum Gasteiger partial charge on any atom is -0.494 e. The van der Waals surface area contributed by atoms with Crippen LogP contribution >= 0.6 is 0 Å². The van der Waals surface area contributed by atoms with Crippen LogP contribution in [0.2, 0.25) is 0 Å². The molecule has 0 saturated carbocycles. The van der Waals surface area contributed by atoms with E-state index in [2.05, 4.69) is 4.72 Å². The smallest absolute Gasteiger partial charge is 0.240 e. The van der Waals surface area contributed by atoms with E-state index in [9.17, 15) is 8.42 Å². The first kappa shape index (κ1) is 18.3. The molecule has 0 fully saturated rings. The maximum absolute atomic E-state index is 12.4. The molecule has 0 radical (unpaired) electrons. The van der Waals surface area contributed by atoms with Gasteiger partial charge in [0.25, 0.3) is 0 Å². The van der Waals surface area contributed by atoms with Gasteiger partial charge in [-0.05, 0) is 62.7 Å². The van der Waals surface area contributed by atoms with Gasteiger partial charge < -0.3 is 9.47 Å². The van der Waals surface area contributed by atoms with Crippen molar-refractivity contribution in [2.75, 3.05) is 6.61 Å². The molecule has 130 valence electrons. The van der Waals surface area contributed by atoms with E-state index in [0.29, 0.717) is 12.4 Å². The number of hydrogen-bond donors (Lipinski definition) is 1. The van der Waals surface area contributed by atoms with Gasteiger partial charge >= 0.3 is 0 Å². The van der Waals surface area contributed by atoms with Crippen LogP contribution in [0.4, 0.5) is 0 Å². The van der Waals surface area contributed by atoms with Crippen LogP contribution in [0.3, 0.4) is 0 Å². The second kappa shape index (κ2) is 8.17. The Labute approximate surface area is 143 Å². The molecule has 6 heteroatoms. The van der Waals surface area contributed by atoms with Gasteiger partial charge in [0.1, 0.15) is 11.5 Å². The molecule has 2 aromatic rings. The molecular weight excluding hydrogens is 326 g/mol. The van der Waals surface area contributed by atoms with Crippen LogP contribution in [0.5, 0.6) is 11.5 Å². The summed E-state index contributed by atoms with van der Waals surface area (Å²) >= 11 is 0. The fourth-order valence-electron chi connectivity index (χ4n) is 2.14. The first-order valence-electron chi connectivity index (χ1n) is 7.89. The number of rotatable bonds is 8. The first-order valence-corrected chi connectivity index (χ1v) is 9.37. The summed E-state index contributed by atoms with van der Waals surface area (Å²) in [6, 6.07) is 13.7. The third kappa shape index (κ3) is 5.25. The molecule has 24 heavy (non-hydrogen) atoms. The SMILES string of the molecule is CCOc1ccc(S(=O)(=O)NCc2cccc(OC(C)C)c2)cc1. The molecule has 0 aliphatic heterocycles. The molecule has 1 N–H and O–H groups in total. The molecule has 0 bridgehead atoms. The molecular formula is C18H23NO4S. The van der Waals surface area contributed by atoms with Crippen molar-refractivity contribution >= 4 is 10.0 Å². The van der Waals surface area contributed by atoms with E-state index in [1.165, 1.54) is 12.1 Å². The van der Waals surface area contributed by atoms with Crippen LogP contribution in [0, 0.1) is 0 Å². The molecule has 0 aliphatic rings. The van der Waals surface area contributed by atoms with E-state index in [-0.39, 0.29) is 17.5 Å². The monoisotopic (exact) mass is 349 g/mol. The summed E-state index contributed by atoms with van der Waals surface area (Å²) < 4.78 is 38.2. The van der Waals surface area contributed by atoms with E-state index in [1.807, 2.05) is 45.0 Å². The molecule has 2 rings (SSSR count). The van der Waals surface area contributed by atoms with Crippen LogP contribution in [-0.2, 0) is 16.6 Å². The van der Waals surface area contributed by atoms with E-state index in [1.54, 1.807) is 12.1 Å². The average Bonchev–Trinajstić information content (AvgIpc) is 2.54. The first-order chi connectivity index (χ1) is 11.4. The molecule has 0 aliphatic carbocycles. The van der Waals surface area contributed by atoms with Crippen molar-refractivity contribution in [3.05, 3.63) is 54.1 Å². The Bertz CT molecular complexity index is 755. The Morgan fingerprint density at radius 1 is 1.04 bits per heavy atom. The van der Waals surface area contributed by atoms with Crippen molar-refractivity contribution in [3.8, 4) is 11.5 Å². The van der Waals surface area contributed by atoms with Gasteiger partial charge in [0.05, 0.1) is 17.6 Å². The second-order valence-electron chi connectivity index (χ2n) is 5.54. The maximum Gasteiger partial charge on any atom is 0.240 e. The number of hydrogen-bond acceptors (Lipinski definition) is 4. The summed E-state index contributed by atoms with van der Waals surface area (Å²) in [5, 5.41) is 0. The summed E-state index contributed by atoms with van der Waals surface area (Å²) in [5.41, 5.74) is 0.836. The zero-order valence-electron chi connectivity index (χ0n) is 14.2. The minimum atomic E-state index is -3.57. The third-order valence-corrected chi connectivity index (χ3v) is 4.60. The fourth-order valence-corrected chi connectivity index (χ4v) is 3.16. The number of benzene rings is 2. The molecule has 0 spiro atoms. The van der Waals surface area contributed by atoms with E-state index in [0.717, 1.165) is 11.3 Å². The molecule has 2 aromatic carbocycles. The summed E-state index contributed by atoms with van der Waals surface area (Å²) in [6.45, 7) is 6.51. The van der Waals surface area contributed by atoms with Crippen LogP contribution in [0.15, 0.2) is 53.4 Å². The number of nitrogens with one attached hydrogen (secondary N) is 1. The fraction of sp³-hybridized carbons (Fsp3) is 0.333. The summed E-state index contributed by atoms with van der Waals surface area (Å²) in [5.74, 6) is 1.37. The maximum atomic E-state index is 12.4. The molecule has 0 saturated heterocycles. The third-order valence-electron chi connectivity index (χ3n) is 3.18. The van der Waals surface area contributed by atoms with Crippen LogP contribution in [-0.4, -0.2) is 21.1 Å². The van der Waals surface area contributed by atoms with Crippen molar-refractivity contribution in [3.63, 3.8) is 0 Å².